The van der Waals surface area contributed by atoms with Crippen LogP contribution in [0, 0.1) is 0 Å². The van der Waals surface area contributed by atoms with Crippen LogP contribution in [0.1, 0.15) is 12.7 Å². The second-order valence-corrected chi connectivity index (χ2v) is 4.93. The number of furan rings is 1. The first-order valence-corrected chi connectivity index (χ1v) is 6.67. The number of hydrogen-bond donors (Lipinski definition) is 1. The van der Waals surface area contributed by atoms with Gasteiger partial charge in [-0.2, -0.15) is 0 Å². The first-order chi connectivity index (χ1) is 9.15. The number of halogens is 1. The van der Waals surface area contributed by atoms with Gasteiger partial charge in [-0.05, 0) is 37.3 Å². The van der Waals surface area contributed by atoms with Gasteiger partial charge in [0, 0.05) is 4.47 Å². The highest BCUT2D eigenvalue weighted by molar-refractivity contribution is 9.10. The van der Waals surface area contributed by atoms with Crippen molar-refractivity contribution in [3.8, 4) is 5.75 Å². The topological polar surface area (TPSA) is 51.5 Å². The highest BCUT2D eigenvalue weighted by Gasteiger charge is 2.14. The lowest BCUT2D eigenvalue weighted by Gasteiger charge is -2.14. The molecule has 0 spiro atoms. The summed E-state index contributed by atoms with van der Waals surface area (Å²) in [6, 6.07) is 11.0. The van der Waals surface area contributed by atoms with Crippen molar-refractivity contribution < 1.29 is 13.9 Å². The molecule has 5 heteroatoms. The maximum atomic E-state index is 11.8. The van der Waals surface area contributed by atoms with Crippen molar-refractivity contribution in [2.24, 2.45) is 0 Å². The van der Waals surface area contributed by atoms with Crippen molar-refractivity contribution >= 4 is 21.8 Å². The van der Waals surface area contributed by atoms with Crippen LogP contribution in [0.4, 0.5) is 0 Å². The molecule has 19 heavy (non-hydrogen) atoms. The van der Waals surface area contributed by atoms with Crippen LogP contribution in [0.3, 0.4) is 0 Å². The van der Waals surface area contributed by atoms with Crippen LogP contribution < -0.4 is 10.1 Å². The molecule has 1 amide bonds. The first-order valence-electron chi connectivity index (χ1n) is 5.87. The third-order valence-electron chi connectivity index (χ3n) is 2.50. The quantitative estimate of drug-likeness (QED) is 0.919. The molecule has 0 fully saturated rings. The number of carbonyl (C=O) groups is 1. The molecule has 0 saturated carbocycles. The Hall–Kier alpha value is -1.75. The van der Waals surface area contributed by atoms with Gasteiger partial charge in [-0.3, -0.25) is 4.79 Å². The SMILES string of the molecule is C[C@H](Oc1cccc(Br)c1)C(=O)NCc1ccco1. The molecule has 2 aromatic rings. The van der Waals surface area contributed by atoms with Crippen LogP contribution in [0.15, 0.2) is 51.6 Å². The Balaban J connectivity index is 1.85. The number of hydrogen-bond acceptors (Lipinski definition) is 3. The van der Waals surface area contributed by atoms with Crippen LogP contribution in [0.2, 0.25) is 0 Å². The van der Waals surface area contributed by atoms with Crippen LogP contribution >= 0.6 is 15.9 Å². The number of rotatable bonds is 5. The van der Waals surface area contributed by atoms with Crippen LogP contribution in [-0.2, 0) is 11.3 Å². The summed E-state index contributed by atoms with van der Waals surface area (Å²) in [5, 5.41) is 2.75. The van der Waals surface area contributed by atoms with E-state index in [4.69, 9.17) is 9.15 Å². The molecule has 0 bridgehead atoms. The predicted octanol–water partition coefficient (Wildman–Crippen LogP) is 3.13. The molecule has 1 aromatic carbocycles. The first kappa shape index (κ1) is 13.7. The highest BCUT2D eigenvalue weighted by atomic mass is 79.9. The average Bonchev–Trinajstić information content (AvgIpc) is 2.89. The number of benzene rings is 1. The summed E-state index contributed by atoms with van der Waals surface area (Å²) >= 11 is 3.35. The van der Waals surface area contributed by atoms with E-state index < -0.39 is 6.10 Å². The van der Waals surface area contributed by atoms with E-state index in [9.17, 15) is 4.79 Å². The molecule has 1 aromatic heterocycles. The number of ether oxygens (including phenoxy) is 1. The Labute approximate surface area is 119 Å². The average molecular weight is 324 g/mol. The fourth-order valence-corrected chi connectivity index (χ4v) is 1.91. The van der Waals surface area contributed by atoms with Crippen LogP contribution in [0.5, 0.6) is 5.75 Å². The zero-order valence-corrected chi connectivity index (χ0v) is 12.0. The minimum absolute atomic E-state index is 0.184. The molecule has 100 valence electrons. The Bertz CT molecular complexity index is 539. The van der Waals surface area contributed by atoms with Crippen molar-refractivity contribution in [1.82, 2.24) is 5.32 Å². The van der Waals surface area contributed by atoms with Gasteiger partial charge >= 0.3 is 0 Å². The number of nitrogens with one attached hydrogen (secondary N) is 1. The van der Waals surface area contributed by atoms with E-state index in [1.807, 2.05) is 18.2 Å². The minimum Gasteiger partial charge on any atom is -0.481 e. The Morgan fingerprint density at radius 1 is 1.42 bits per heavy atom. The second-order valence-electron chi connectivity index (χ2n) is 4.01. The summed E-state index contributed by atoms with van der Waals surface area (Å²) in [7, 11) is 0. The van der Waals surface area contributed by atoms with Crippen molar-refractivity contribution in [3.05, 3.63) is 52.9 Å². The van der Waals surface area contributed by atoms with Gasteiger partial charge in [0.25, 0.3) is 5.91 Å². The van der Waals surface area contributed by atoms with Crippen molar-refractivity contribution in [1.29, 1.82) is 0 Å². The zero-order chi connectivity index (χ0) is 13.7. The molecule has 0 aliphatic carbocycles. The summed E-state index contributed by atoms with van der Waals surface area (Å²) in [4.78, 5) is 11.8. The molecular weight excluding hydrogens is 310 g/mol. The highest BCUT2D eigenvalue weighted by Crippen LogP contribution is 2.18. The molecule has 1 atom stereocenters. The van der Waals surface area contributed by atoms with E-state index in [2.05, 4.69) is 21.2 Å². The van der Waals surface area contributed by atoms with Crippen molar-refractivity contribution in [2.45, 2.75) is 19.6 Å². The van der Waals surface area contributed by atoms with E-state index >= 15 is 0 Å². The lowest BCUT2D eigenvalue weighted by atomic mass is 10.3. The molecule has 0 aliphatic heterocycles. The third kappa shape index (κ3) is 4.13. The van der Waals surface area contributed by atoms with Crippen LogP contribution in [0.25, 0.3) is 0 Å². The molecule has 1 heterocycles. The van der Waals surface area contributed by atoms with E-state index in [0.717, 1.165) is 4.47 Å². The van der Waals surface area contributed by atoms with Gasteiger partial charge in [-0.15, -0.1) is 0 Å². The van der Waals surface area contributed by atoms with Crippen molar-refractivity contribution in [2.75, 3.05) is 0 Å². The van der Waals surface area contributed by atoms with Gasteiger partial charge in [0.1, 0.15) is 11.5 Å². The Kier molecular flexibility index (Phi) is 4.63. The van der Waals surface area contributed by atoms with Crippen molar-refractivity contribution in [3.63, 3.8) is 0 Å². The smallest absolute Gasteiger partial charge is 0.261 e. The van der Waals surface area contributed by atoms with Gasteiger partial charge in [-0.1, -0.05) is 22.0 Å². The largest absolute Gasteiger partial charge is 0.481 e. The van der Waals surface area contributed by atoms with Crippen LogP contribution in [-0.4, -0.2) is 12.0 Å². The van der Waals surface area contributed by atoms with Gasteiger partial charge in [0.15, 0.2) is 6.10 Å². The molecule has 0 aliphatic rings. The van der Waals surface area contributed by atoms with Gasteiger partial charge in [-0.25, -0.2) is 0 Å². The summed E-state index contributed by atoms with van der Waals surface area (Å²) in [5.74, 6) is 1.18. The summed E-state index contributed by atoms with van der Waals surface area (Å²) < 4.78 is 11.6. The number of carbonyl (C=O) groups excluding carboxylic acids is 1. The normalized spacial score (nSPS) is 11.9. The molecule has 2 rings (SSSR count). The maximum absolute atomic E-state index is 11.8. The van der Waals surface area contributed by atoms with Gasteiger partial charge in [0.05, 0.1) is 12.8 Å². The van der Waals surface area contributed by atoms with E-state index in [-0.39, 0.29) is 5.91 Å². The van der Waals surface area contributed by atoms with E-state index in [1.54, 1.807) is 31.4 Å². The Morgan fingerprint density at radius 2 is 2.26 bits per heavy atom. The predicted molar refractivity (Wildman–Crippen MR) is 74.8 cm³/mol. The van der Waals surface area contributed by atoms with Gasteiger partial charge < -0.3 is 14.5 Å². The lowest BCUT2D eigenvalue weighted by Crippen LogP contribution is -2.35. The zero-order valence-electron chi connectivity index (χ0n) is 10.4. The molecule has 1 N–H and O–H groups in total. The molecule has 0 radical (unpaired) electrons. The fourth-order valence-electron chi connectivity index (χ4n) is 1.53. The fraction of sp³-hybridized carbons (Fsp3) is 0.214. The standard InChI is InChI=1S/C14H14BrNO3/c1-10(19-12-5-2-4-11(15)8-12)14(17)16-9-13-6-3-7-18-13/h2-8,10H,9H2,1H3,(H,16,17)/t10-/m0/s1. The third-order valence-corrected chi connectivity index (χ3v) is 2.99. The van der Waals surface area contributed by atoms with E-state index in [1.165, 1.54) is 0 Å². The van der Waals surface area contributed by atoms with E-state index in [0.29, 0.717) is 18.1 Å². The lowest BCUT2D eigenvalue weighted by molar-refractivity contribution is -0.127. The number of amides is 1. The second kappa shape index (κ2) is 6.43. The summed E-state index contributed by atoms with van der Waals surface area (Å²) in [5.41, 5.74) is 0. The maximum Gasteiger partial charge on any atom is 0.261 e. The summed E-state index contributed by atoms with van der Waals surface area (Å²) in [6.45, 7) is 2.07. The summed E-state index contributed by atoms with van der Waals surface area (Å²) in [6.07, 6.45) is 1.01. The molecular formula is C14H14BrNO3. The molecule has 0 unspecified atom stereocenters. The van der Waals surface area contributed by atoms with Gasteiger partial charge in [0.2, 0.25) is 0 Å². The monoisotopic (exact) mass is 323 g/mol. The molecule has 4 nitrogen and oxygen atoms in total. The minimum atomic E-state index is -0.565. The molecule has 0 saturated heterocycles. The Morgan fingerprint density at radius 3 is 2.95 bits per heavy atom.